The summed E-state index contributed by atoms with van der Waals surface area (Å²) in [4.78, 5) is 29.9. The molecule has 1 fully saturated rings. The Bertz CT molecular complexity index is 899. The molecule has 1 unspecified atom stereocenters. The highest BCUT2D eigenvalue weighted by atomic mass is 32.1. The lowest BCUT2D eigenvalue weighted by Gasteiger charge is -2.35. The van der Waals surface area contributed by atoms with Crippen LogP contribution < -0.4 is 9.80 Å². The Morgan fingerprint density at radius 2 is 2.08 bits per heavy atom. The average Bonchev–Trinajstić information content (AvgIpc) is 3.34. The molecule has 1 saturated carbocycles. The van der Waals surface area contributed by atoms with Crippen molar-refractivity contribution in [3.8, 4) is 0 Å². The zero-order chi connectivity index (χ0) is 17.8. The second-order valence-electron chi connectivity index (χ2n) is 7.70. The monoisotopic (exact) mass is 367 g/mol. The molecule has 0 saturated heterocycles. The molecule has 26 heavy (non-hydrogen) atoms. The molecule has 0 spiro atoms. The van der Waals surface area contributed by atoms with Crippen LogP contribution in [0.25, 0.3) is 0 Å². The molecule has 1 aromatic heterocycles. The highest BCUT2D eigenvalue weighted by Crippen LogP contribution is 2.42. The zero-order valence-electron chi connectivity index (χ0n) is 15.0. The van der Waals surface area contributed by atoms with Gasteiger partial charge in [0.05, 0.1) is 17.8 Å². The van der Waals surface area contributed by atoms with Crippen molar-refractivity contribution in [3.63, 3.8) is 0 Å². The summed E-state index contributed by atoms with van der Waals surface area (Å²) < 4.78 is 0. The van der Waals surface area contributed by atoms with E-state index < -0.39 is 0 Å². The maximum absolute atomic E-state index is 12.7. The fourth-order valence-electron chi connectivity index (χ4n) is 4.60. The van der Waals surface area contributed by atoms with Crippen molar-refractivity contribution in [2.75, 3.05) is 18.1 Å². The number of carbonyl (C=O) groups excluding carboxylic acids is 2. The molecule has 2 aliphatic heterocycles. The van der Waals surface area contributed by atoms with E-state index in [4.69, 9.17) is 0 Å². The van der Waals surface area contributed by atoms with E-state index in [-0.39, 0.29) is 11.7 Å². The zero-order valence-corrected chi connectivity index (χ0v) is 15.8. The van der Waals surface area contributed by atoms with Crippen LogP contribution in [0.3, 0.4) is 0 Å². The summed E-state index contributed by atoms with van der Waals surface area (Å²) in [6, 6.07) is 8.66. The summed E-state index contributed by atoms with van der Waals surface area (Å²) in [5.41, 5.74) is 3.98. The minimum Gasteiger partial charge on any atom is -0.311 e. The van der Waals surface area contributed by atoms with Gasteiger partial charge in [0.25, 0.3) is 5.78 Å². The summed E-state index contributed by atoms with van der Waals surface area (Å²) in [7, 11) is 0. The van der Waals surface area contributed by atoms with Gasteiger partial charge in [0.2, 0.25) is 0 Å². The molecule has 0 radical (unpaired) electrons. The number of Topliss-reactive ketones (excluding diaryl/α,β-unsaturated/α-hetero) is 1. The number of quaternary nitrogens is 1. The van der Waals surface area contributed by atoms with Crippen molar-refractivity contribution in [3.05, 3.63) is 51.2 Å². The van der Waals surface area contributed by atoms with Gasteiger partial charge in [-0.05, 0) is 48.4 Å². The molecule has 5 rings (SSSR count). The van der Waals surface area contributed by atoms with Crippen LogP contribution in [0.4, 0.5) is 5.69 Å². The van der Waals surface area contributed by atoms with Gasteiger partial charge in [-0.15, -0.1) is 11.3 Å². The van der Waals surface area contributed by atoms with Crippen molar-refractivity contribution < 1.29 is 14.5 Å². The Balaban J connectivity index is 1.47. The SMILES string of the molecule is CCc1ccc2c(c1)C(=O)C(=O)N2C[NH+]1CCc2sccc2[C@H]1C1CC1. The Hall–Kier alpha value is -1.98. The van der Waals surface area contributed by atoms with Crippen molar-refractivity contribution in [2.45, 2.75) is 38.6 Å². The van der Waals surface area contributed by atoms with Gasteiger partial charge in [-0.1, -0.05) is 13.0 Å². The van der Waals surface area contributed by atoms with E-state index >= 15 is 0 Å². The molecule has 134 valence electrons. The van der Waals surface area contributed by atoms with Gasteiger partial charge in [0.15, 0.2) is 6.67 Å². The van der Waals surface area contributed by atoms with Crippen molar-refractivity contribution >= 4 is 28.7 Å². The molecule has 2 aromatic rings. The number of fused-ring (bicyclic) bond motifs is 2. The van der Waals surface area contributed by atoms with Crippen LogP contribution in [0.5, 0.6) is 0 Å². The number of rotatable bonds is 4. The molecule has 1 aromatic carbocycles. The lowest BCUT2D eigenvalue weighted by molar-refractivity contribution is -0.935. The highest BCUT2D eigenvalue weighted by Gasteiger charge is 2.46. The largest absolute Gasteiger partial charge is 0.311 e. The summed E-state index contributed by atoms with van der Waals surface area (Å²) >= 11 is 1.86. The fraction of sp³-hybridized carbons (Fsp3) is 0.429. The van der Waals surface area contributed by atoms with Gasteiger partial charge in [-0.3, -0.25) is 14.5 Å². The number of aryl methyl sites for hydroxylation is 1. The first kappa shape index (κ1) is 16.2. The van der Waals surface area contributed by atoms with Crippen LogP contribution in [0, 0.1) is 5.92 Å². The van der Waals surface area contributed by atoms with Crippen molar-refractivity contribution in [1.29, 1.82) is 0 Å². The van der Waals surface area contributed by atoms with Crippen LogP contribution >= 0.6 is 11.3 Å². The highest BCUT2D eigenvalue weighted by molar-refractivity contribution is 7.10. The minimum atomic E-state index is -0.355. The maximum atomic E-state index is 12.7. The number of ketones is 1. The number of nitrogens with zero attached hydrogens (tertiary/aromatic N) is 1. The summed E-state index contributed by atoms with van der Waals surface area (Å²) in [6.07, 6.45) is 4.51. The Kier molecular flexibility index (Phi) is 3.76. The molecule has 4 nitrogen and oxygen atoms in total. The van der Waals surface area contributed by atoms with Gasteiger partial charge in [0, 0.05) is 22.8 Å². The number of carbonyl (C=O) groups is 2. The molecule has 0 bridgehead atoms. The number of hydrogen-bond acceptors (Lipinski definition) is 3. The normalized spacial score (nSPS) is 24.7. The van der Waals surface area contributed by atoms with E-state index in [2.05, 4.69) is 18.4 Å². The Labute approximate surface area is 157 Å². The molecule has 5 heteroatoms. The van der Waals surface area contributed by atoms with Gasteiger partial charge >= 0.3 is 5.91 Å². The first-order valence-corrected chi connectivity index (χ1v) is 10.4. The van der Waals surface area contributed by atoms with Gasteiger partial charge in [0.1, 0.15) is 6.04 Å². The van der Waals surface area contributed by atoms with Crippen LogP contribution in [0.1, 0.15) is 52.2 Å². The average molecular weight is 367 g/mol. The Morgan fingerprint density at radius 3 is 2.85 bits per heavy atom. The van der Waals surface area contributed by atoms with Crippen LogP contribution in [0.2, 0.25) is 0 Å². The fourth-order valence-corrected chi connectivity index (χ4v) is 5.53. The molecular weight excluding hydrogens is 344 g/mol. The van der Waals surface area contributed by atoms with Gasteiger partial charge < -0.3 is 4.90 Å². The van der Waals surface area contributed by atoms with Crippen LogP contribution in [-0.4, -0.2) is 24.9 Å². The number of hydrogen-bond donors (Lipinski definition) is 1. The number of anilines is 1. The van der Waals surface area contributed by atoms with Crippen LogP contribution in [0.15, 0.2) is 29.6 Å². The van der Waals surface area contributed by atoms with Gasteiger partial charge in [-0.25, -0.2) is 0 Å². The molecule has 3 aliphatic rings. The number of benzene rings is 1. The third-order valence-corrected chi connectivity index (χ3v) is 7.12. The van der Waals surface area contributed by atoms with E-state index in [0.29, 0.717) is 18.3 Å². The first-order valence-electron chi connectivity index (χ1n) is 9.57. The topological polar surface area (TPSA) is 41.8 Å². The lowest BCUT2D eigenvalue weighted by Crippen LogP contribution is -3.15. The second-order valence-corrected chi connectivity index (χ2v) is 8.70. The van der Waals surface area contributed by atoms with E-state index in [9.17, 15) is 9.59 Å². The summed E-state index contributed by atoms with van der Waals surface area (Å²) in [6.45, 7) is 3.70. The molecule has 1 amide bonds. The number of nitrogens with one attached hydrogen (secondary N) is 1. The van der Waals surface area contributed by atoms with Crippen molar-refractivity contribution in [2.24, 2.45) is 5.92 Å². The Morgan fingerprint density at radius 1 is 1.23 bits per heavy atom. The number of amides is 1. The molecular formula is C21H23N2O2S+. The second kappa shape index (κ2) is 6.03. The lowest BCUT2D eigenvalue weighted by atomic mass is 9.96. The minimum absolute atomic E-state index is 0.342. The summed E-state index contributed by atoms with van der Waals surface area (Å²) in [5.74, 6) is 0.0336. The third-order valence-electron chi connectivity index (χ3n) is 6.13. The van der Waals surface area contributed by atoms with E-state index in [1.54, 1.807) is 4.90 Å². The summed E-state index contributed by atoms with van der Waals surface area (Å²) in [5, 5.41) is 2.20. The van der Waals surface area contributed by atoms with E-state index in [1.165, 1.54) is 28.2 Å². The predicted octanol–water partition coefficient (Wildman–Crippen LogP) is 2.39. The quantitative estimate of drug-likeness (QED) is 0.843. The molecule has 1 N–H and O–H groups in total. The third kappa shape index (κ3) is 2.45. The predicted molar refractivity (Wildman–Crippen MR) is 102 cm³/mol. The maximum Gasteiger partial charge on any atom is 0.303 e. The standard InChI is InChI=1S/C21H22N2O2S/c1-2-13-3-6-17-16(11-13)20(24)21(25)23(17)12-22-9-7-18-15(8-10-26-18)19(22)14-4-5-14/h3,6,8,10-11,14,19H,2,4-5,7,9,12H2,1H3/p+1/t19-/m1/s1. The van der Waals surface area contributed by atoms with E-state index in [1.807, 2.05) is 29.5 Å². The molecule has 2 atom stereocenters. The molecule has 1 aliphatic carbocycles. The van der Waals surface area contributed by atoms with Crippen molar-refractivity contribution in [1.82, 2.24) is 0 Å². The smallest absolute Gasteiger partial charge is 0.303 e. The first-order chi connectivity index (χ1) is 12.7. The van der Waals surface area contributed by atoms with E-state index in [0.717, 1.165) is 36.6 Å². The van der Waals surface area contributed by atoms with Crippen LogP contribution in [-0.2, 0) is 17.6 Å². The molecule has 3 heterocycles. The number of thiophene rings is 1. The van der Waals surface area contributed by atoms with Gasteiger partial charge in [-0.2, -0.15) is 0 Å².